The molecule has 0 unspecified atom stereocenters. The maximum Gasteiger partial charge on any atom is 0.153 e. The number of carbonyl (C=O) groups excluding carboxylic acids is 1. The SMILES string of the molecule is COc1cc(C=O)c(OC)cc1C#CCN. The molecule has 4 nitrogen and oxygen atoms in total. The third-order valence-electron chi connectivity index (χ3n) is 2.00. The lowest BCUT2D eigenvalue weighted by molar-refractivity contribution is 0.112. The number of methoxy groups -OCH3 is 2. The maximum atomic E-state index is 10.8. The summed E-state index contributed by atoms with van der Waals surface area (Å²) in [7, 11) is 3.01. The third kappa shape index (κ3) is 2.53. The van der Waals surface area contributed by atoms with Gasteiger partial charge in [0.05, 0.1) is 31.9 Å². The lowest BCUT2D eigenvalue weighted by Crippen LogP contribution is -1.97. The predicted octanol–water partition coefficient (Wildman–Crippen LogP) is 0.827. The summed E-state index contributed by atoms with van der Waals surface area (Å²) in [6.45, 7) is 0.265. The molecule has 1 rings (SSSR count). The van der Waals surface area contributed by atoms with Crippen molar-refractivity contribution in [3.05, 3.63) is 23.3 Å². The Hall–Kier alpha value is -1.99. The topological polar surface area (TPSA) is 61.5 Å². The molecule has 16 heavy (non-hydrogen) atoms. The molecule has 0 saturated heterocycles. The summed E-state index contributed by atoms with van der Waals surface area (Å²) in [5, 5.41) is 0. The summed E-state index contributed by atoms with van der Waals surface area (Å²) >= 11 is 0. The molecule has 0 heterocycles. The molecule has 0 amide bonds. The van der Waals surface area contributed by atoms with Crippen LogP contribution in [0, 0.1) is 11.8 Å². The highest BCUT2D eigenvalue weighted by Crippen LogP contribution is 2.27. The van der Waals surface area contributed by atoms with E-state index in [2.05, 4.69) is 11.8 Å². The normalized spacial score (nSPS) is 8.94. The maximum absolute atomic E-state index is 10.8. The van der Waals surface area contributed by atoms with Gasteiger partial charge < -0.3 is 15.2 Å². The lowest BCUT2D eigenvalue weighted by Gasteiger charge is -2.08. The number of hydrogen-bond acceptors (Lipinski definition) is 4. The van der Waals surface area contributed by atoms with E-state index in [1.54, 1.807) is 12.1 Å². The average Bonchev–Trinajstić information content (AvgIpc) is 2.35. The first-order chi connectivity index (χ1) is 7.76. The molecular weight excluding hydrogens is 206 g/mol. The van der Waals surface area contributed by atoms with Gasteiger partial charge in [-0.05, 0) is 6.07 Å². The molecule has 0 radical (unpaired) electrons. The van der Waals surface area contributed by atoms with Crippen molar-refractivity contribution in [1.29, 1.82) is 0 Å². The van der Waals surface area contributed by atoms with Crippen LogP contribution in [0.5, 0.6) is 11.5 Å². The number of aldehydes is 1. The number of carbonyl (C=O) groups is 1. The van der Waals surface area contributed by atoms with Gasteiger partial charge in [-0.3, -0.25) is 4.79 Å². The first kappa shape index (κ1) is 12.1. The van der Waals surface area contributed by atoms with E-state index >= 15 is 0 Å². The number of ether oxygens (including phenoxy) is 2. The van der Waals surface area contributed by atoms with Crippen LogP contribution in [0.4, 0.5) is 0 Å². The van der Waals surface area contributed by atoms with Crippen LogP contribution in [-0.4, -0.2) is 27.1 Å². The first-order valence-corrected chi connectivity index (χ1v) is 4.67. The van der Waals surface area contributed by atoms with E-state index in [-0.39, 0.29) is 6.54 Å². The van der Waals surface area contributed by atoms with Gasteiger partial charge in [-0.15, -0.1) is 0 Å². The summed E-state index contributed by atoms with van der Waals surface area (Å²) < 4.78 is 10.2. The highest BCUT2D eigenvalue weighted by Gasteiger charge is 2.08. The van der Waals surface area contributed by atoms with Crippen molar-refractivity contribution in [3.63, 3.8) is 0 Å². The van der Waals surface area contributed by atoms with Crippen molar-refractivity contribution in [3.8, 4) is 23.3 Å². The molecule has 0 aliphatic carbocycles. The zero-order valence-corrected chi connectivity index (χ0v) is 9.24. The van der Waals surface area contributed by atoms with Gasteiger partial charge in [-0.25, -0.2) is 0 Å². The second-order valence-corrected chi connectivity index (χ2v) is 2.92. The minimum absolute atomic E-state index is 0.265. The van der Waals surface area contributed by atoms with Gasteiger partial charge in [0.25, 0.3) is 0 Å². The fraction of sp³-hybridized carbons (Fsp3) is 0.250. The lowest BCUT2D eigenvalue weighted by atomic mass is 10.1. The Morgan fingerprint density at radius 3 is 2.50 bits per heavy atom. The standard InChI is InChI=1S/C12H13NO3/c1-15-11-7-10(8-14)12(16-2)6-9(11)4-3-5-13/h6-8H,5,13H2,1-2H3. The Bertz CT molecular complexity index is 444. The molecule has 1 aromatic carbocycles. The predicted molar refractivity (Wildman–Crippen MR) is 60.9 cm³/mol. The summed E-state index contributed by atoms with van der Waals surface area (Å²) in [5.74, 6) is 6.58. The van der Waals surface area contributed by atoms with E-state index in [1.807, 2.05) is 0 Å². The van der Waals surface area contributed by atoms with E-state index in [0.717, 1.165) is 0 Å². The van der Waals surface area contributed by atoms with Gasteiger partial charge >= 0.3 is 0 Å². The Morgan fingerprint density at radius 2 is 2.00 bits per heavy atom. The van der Waals surface area contributed by atoms with Crippen LogP contribution in [0.2, 0.25) is 0 Å². The Kier molecular flexibility index (Phi) is 4.37. The molecule has 0 spiro atoms. The molecule has 1 aromatic rings. The van der Waals surface area contributed by atoms with E-state index < -0.39 is 0 Å². The van der Waals surface area contributed by atoms with Crippen molar-refractivity contribution in [2.45, 2.75) is 0 Å². The number of rotatable bonds is 3. The summed E-state index contributed by atoms with van der Waals surface area (Å²) in [5.41, 5.74) is 6.37. The largest absolute Gasteiger partial charge is 0.496 e. The second-order valence-electron chi connectivity index (χ2n) is 2.92. The molecule has 0 atom stereocenters. The molecule has 0 fully saturated rings. The Balaban J connectivity index is 3.31. The van der Waals surface area contributed by atoms with E-state index in [0.29, 0.717) is 28.9 Å². The van der Waals surface area contributed by atoms with E-state index in [4.69, 9.17) is 15.2 Å². The smallest absolute Gasteiger partial charge is 0.153 e. The molecule has 0 aromatic heterocycles. The van der Waals surface area contributed by atoms with Gasteiger partial charge in [-0.2, -0.15) is 0 Å². The molecular formula is C12H13NO3. The Morgan fingerprint density at radius 1 is 1.31 bits per heavy atom. The van der Waals surface area contributed by atoms with Crippen molar-refractivity contribution >= 4 is 6.29 Å². The molecule has 84 valence electrons. The van der Waals surface area contributed by atoms with Crippen LogP contribution in [0.25, 0.3) is 0 Å². The average molecular weight is 219 g/mol. The molecule has 0 saturated carbocycles. The van der Waals surface area contributed by atoms with Crippen molar-refractivity contribution < 1.29 is 14.3 Å². The van der Waals surface area contributed by atoms with Gasteiger partial charge in [0.15, 0.2) is 6.29 Å². The highest BCUT2D eigenvalue weighted by atomic mass is 16.5. The molecule has 4 heteroatoms. The Labute approximate surface area is 94.3 Å². The van der Waals surface area contributed by atoms with Crippen molar-refractivity contribution in [2.75, 3.05) is 20.8 Å². The van der Waals surface area contributed by atoms with Crippen LogP contribution >= 0.6 is 0 Å². The molecule has 0 aliphatic heterocycles. The van der Waals surface area contributed by atoms with Crippen LogP contribution < -0.4 is 15.2 Å². The second kappa shape index (κ2) is 5.79. The van der Waals surface area contributed by atoms with Gasteiger partial charge in [-0.1, -0.05) is 11.8 Å². The first-order valence-electron chi connectivity index (χ1n) is 4.67. The van der Waals surface area contributed by atoms with Crippen LogP contribution in [-0.2, 0) is 0 Å². The number of benzene rings is 1. The van der Waals surface area contributed by atoms with Gasteiger partial charge in [0.2, 0.25) is 0 Å². The van der Waals surface area contributed by atoms with E-state index in [9.17, 15) is 4.79 Å². The number of nitrogens with two attached hydrogens (primary N) is 1. The number of hydrogen-bond donors (Lipinski definition) is 1. The molecule has 2 N–H and O–H groups in total. The van der Waals surface area contributed by atoms with Gasteiger partial charge in [0, 0.05) is 6.07 Å². The monoisotopic (exact) mass is 219 g/mol. The van der Waals surface area contributed by atoms with Crippen molar-refractivity contribution in [1.82, 2.24) is 0 Å². The molecule has 0 bridgehead atoms. The summed E-state index contributed by atoms with van der Waals surface area (Å²) in [6, 6.07) is 3.25. The zero-order valence-electron chi connectivity index (χ0n) is 9.24. The minimum atomic E-state index is 0.265. The van der Waals surface area contributed by atoms with Crippen LogP contribution in [0.3, 0.4) is 0 Å². The highest BCUT2D eigenvalue weighted by molar-refractivity contribution is 5.81. The van der Waals surface area contributed by atoms with Gasteiger partial charge in [0.1, 0.15) is 11.5 Å². The fourth-order valence-electron chi connectivity index (χ4n) is 1.26. The zero-order chi connectivity index (χ0) is 12.0. The van der Waals surface area contributed by atoms with Crippen molar-refractivity contribution in [2.24, 2.45) is 5.73 Å². The fourth-order valence-corrected chi connectivity index (χ4v) is 1.26. The summed E-state index contributed by atoms with van der Waals surface area (Å²) in [4.78, 5) is 10.8. The van der Waals surface area contributed by atoms with Crippen LogP contribution in [0.15, 0.2) is 12.1 Å². The third-order valence-corrected chi connectivity index (χ3v) is 2.00. The quantitative estimate of drug-likeness (QED) is 0.604. The summed E-state index contributed by atoms with van der Waals surface area (Å²) in [6.07, 6.45) is 0.710. The van der Waals surface area contributed by atoms with E-state index in [1.165, 1.54) is 14.2 Å². The minimum Gasteiger partial charge on any atom is -0.496 e. The molecule has 0 aliphatic rings. The van der Waals surface area contributed by atoms with Crippen LogP contribution in [0.1, 0.15) is 15.9 Å².